The third kappa shape index (κ3) is 5.70. The van der Waals surface area contributed by atoms with Crippen molar-refractivity contribution in [3.8, 4) is 0 Å². The molecule has 0 bridgehead atoms. The lowest BCUT2D eigenvalue weighted by atomic mass is 9.83. The quantitative estimate of drug-likeness (QED) is 0.134. The Labute approximate surface area is 276 Å². The highest BCUT2D eigenvalue weighted by atomic mass is 35.5. The maximum atomic E-state index is 14.1. The molecule has 0 spiro atoms. The van der Waals surface area contributed by atoms with Gasteiger partial charge in [-0.3, -0.25) is 33.9 Å². The number of amides is 3. The molecular weight excluding hydrogens is 650 g/mol. The Morgan fingerprint density at radius 2 is 1.61 bits per heavy atom. The zero-order chi connectivity index (χ0) is 32.7. The molecule has 2 aliphatic heterocycles. The van der Waals surface area contributed by atoms with E-state index in [4.69, 9.17) is 11.6 Å². The Bertz CT molecular complexity index is 1890. The Kier molecular flexibility index (Phi) is 8.73. The summed E-state index contributed by atoms with van der Waals surface area (Å²) in [7, 11) is 0. The van der Waals surface area contributed by atoms with Gasteiger partial charge in [0.2, 0.25) is 17.7 Å². The summed E-state index contributed by atoms with van der Waals surface area (Å²) in [6.07, 6.45) is 0. The van der Waals surface area contributed by atoms with Crippen LogP contribution in [-0.2, 0) is 20.9 Å². The average molecular weight is 678 g/mol. The number of carbonyl (C=O) groups excluding carboxylic acids is 3. The maximum Gasteiger partial charge on any atom is 0.308 e. The van der Waals surface area contributed by atoms with Crippen molar-refractivity contribution in [1.29, 1.82) is 0 Å². The van der Waals surface area contributed by atoms with Crippen molar-refractivity contribution in [2.75, 3.05) is 28.2 Å². The Balaban J connectivity index is 1.40. The van der Waals surface area contributed by atoms with E-state index in [9.17, 15) is 29.3 Å². The van der Waals surface area contributed by atoms with Crippen LogP contribution >= 0.6 is 34.7 Å². The molecule has 11 nitrogen and oxygen atoms in total. The molecule has 2 unspecified atom stereocenters. The minimum absolute atomic E-state index is 0.163. The van der Waals surface area contributed by atoms with Crippen molar-refractivity contribution >= 4 is 75.2 Å². The minimum Gasteiger partial charge on any atom is -0.372 e. The van der Waals surface area contributed by atoms with E-state index in [1.807, 2.05) is 24.3 Å². The van der Waals surface area contributed by atoms with E-state index in [2.05, 4.69) is 24.1 Å². The number of fused-ring (bicyclic) bond motifs is 2. The van der Waals surface area contributed by atoms with Gasteiger partial charge in [-0.25, -0.2) is 4.90 Å². The third-order valence-corrected chi connectivity index (χ3v) is 11.0. The number of nitro benzene ring substituents is 1. The van der Waals surface area contributed by atoms with Crippen LogP contribution in [0.2, 0.25) is 5.02 Å². The summed E-state index contributed by atoms with van der Waals surface area (Å²) in [6.45, 7) is 5.45. The van der Waals surface area contributed by atoms with Crippen molar-refractivity contribution in [3.05, 3.63) is 108 Å². The maximum absolute atomic E-state index is 14.1. The molecule has 1 fully saturated rings. The lowest BCUT2D eigenvalue weighted by Crippen LogP contribution is -2.33. The van der Waals surface area contributed by atoms with Crippen LogP contribution in [0.3, 0.4) is 0 Å². The number of nitro groups is 1. The molecule has 1 aromatic heterocycles. The molecule has 3 amide bonds. The van der Waals surface area contributed by atoms with E-state index in [1.54, 1.807) is 24.3 Å². The van der Waals surface area contributed by atoms with Crippen molar-refractivity contribution in [3.63, 3.8) is 0 Å². The molecule has 4 aromatic rings. The minimum atomic E-state index is -0.887. The predicted molar refractivity (Wildman–Crippen MR) is 179 cm³/mol. The summed E-state index contributed by atoms with van der Waals surface area (Å²) in [4.78, 5) is 68.7. The average Bonchev–Trinajstić information content (AvgIpc) is 3.49. The second kappa shape index (κ2) is 12.7. The van der Waals surface area contributed by atoms with Gasteiger partial charge in [0, 0.05) is 52.4 Å². The number of non-ortho nitro benzene ring substituents is 1. The number of imide groups is 1. The fraction of sp³-hybridized carbons (Fsp3) is 0.250. The van der Waals surface area contributed by atoms with E-state index in [1.165, 1.54) is 28.8 Å². The van der Waals surface area contributed by atoms with Gasteiger partial charge in [-0.15, -0.1) is 0 Å². The SMILES string of the molecule is CCN(CC)c1ccc([C@H]2c3sc(=O)n(CC(=O)Nc4ccc(Cl)cc4)c3SC3C(=O)N(c4ccc([N+](=O)[O-])cc4)C(=O)C32)cc1. The number of anilines is 3. The molecule has 236 valence electrons. The highest BCUT2D eigenvalue weighted by Gasteiger charge is 2.56. The highest BCUT2D eigenvalue weighted by Crippen LogP contribution is 2.54. The van der Waals surface area contributed by atoms with Crippen LogP contribution in [0.25, 0.3) is 0 Å². The van der Waals surface area contributed by atoms with Crippen LogP contribution < -0.4 is 20.0 Å². The number of hydrogen-bond acceptors (Lipinski definition) is 9. The molecule has 0 radical (unpaired) electrons. The van der Waals surface area contributed by atoms with Gasteiger partial charge in [-0.1, -0.05) is 46.8 Å². The molecule has 2 aliphatic rings. The number of halogens is 1. The molecule has 3 aromatic carbocycles. The molecule has 3 heterocycles. The van der Waals surface area contributed by atoms with Crippen molar-refractivity contribution in [1.82, 2.24) is 4.57 Å². The topological polar surface area (TPSA) is 135 Å². The van der Waals surface area contributed by atoms with Gasteiger partial charge in [0.1, 0.15) is 11.8 Å². The molecule has 14 heteroatoms. The van der Waals surface area contributed by atoms with Gasteiger partial charge in [-0.2, -0.15) is 0 Å². The smallest absolute Gasteiger partial charge is 0.308 e. The summed E-state index contributed by atoms with van der Waals surface area (Å²) in [6, 6.07) is 19.6. The van der Waals surface area contributed by atoms with E-state index >= 15 is 0 Å². The predicted octanol–water partition coefficient (Wildman–Crippen LogP) is 5.75. The first-order chi connectivity index (χ1) is 22.1. The van der Waals surface area contributed by atoms with Crippen LogP contribution in [0.15, 0.2) is 82.6 Å². The second-order valence-electron chi connectivity index (χ2n) is 10.8. The van der Waals surface area contributed by atoms with Crippen LogP contribution in [0.4, 0.5) is 22.7 Å². The van der Waals surface area contributed by atoms with Crippen molar-refractivity contribution < 1.29 is 19.3 Å². The summed E-state index contributed by atoms with van der Waals surface area (Å²) in [5, 5.41) is 14.1. The Hall–Kier alpha value is -4.46. The van der Waals surface area contributed by atoms with Gasteiger partial charge in [0.15, 0.2) is 0 Å². The van der Waals surface area contributed by atoms with Gasteiger partial charge in [0.05, 0.1) is 21.6 Å². The number of rotatable bonds is 9. The fourth-order valence-electron chi connectivity index (χ4n) is 5.95. The Morgan fingerprint density at radius 3 is 2.22 bits per heavy atom. The number of nitrogens with one attached hydrogen (secondary N) is 1. The summed E-state index contributed by atoms with van der Waals surface area (Å²) in [5.74, 6) is -2.85. The lowest BCUT2D eigenvalue weighted by Gasteiger charge is -2.31. The van der Waals surface area contributed by atoms with E-state index in [0.29, 0.717) is 20.6 Å². The molecule has 1 N–H and O–H groups in total. The molecule has 3 atom stereocenters. The molecule has 0 saturated carbocycles. The fourth-order valence-corrected chi connectivity index (χ4v) is 8.85. The third-order valence-electron chi connectivity index (χ3n) is 8.18. The number of hydrogen-bond donors (Lipinski definition) is 1. The monoisotopic (exact) mass is 677 g/mol. The standard InChI is InChI=1S/C32H28ClN5O6S2/c1-3-35(4-2)21-11-5-18(6-12-21)25-26-27(30(41)37(29(26)40)22-13-15-23(16-14-22)38(43)44)45-31-28(25)46-32(42)36(31)17-24(39)34-20-9-7-19(33)8-10-20/h5-16,25-27H,3-4,17H2,1-2H3,(H,34,39)/t25-,26?,27?/m1/s1. The van der Waals surface area contributed by atoms with Crippen LogP contribution in [0, 0.1) is 16.0 Å². The number of nitrogens with zero attached hydrogens (tertiary/aromatic N) is 4. The van der Waals surface area contributed by atoms with Crippen LogP contribution in [0.1, 0.15) is 30.2 Å². The van der Waals surface area contributed by atoms with Gasteiger partial charge < -0.3 is 10.2 Å². The molecule has 6 rings (SSSR count). The van der Waals surface area contributed by atoms with Gasteiger partial charge in [-0.05, 0) is 67.9 Å². The largest absolute Gasteiger partial charge is 0.372 e. The van der Waals surface area contributed by atoms with Gasteiger partial charge >= 0.3 is 4.87 Å². The molecule has 46 heavy (non-hydrogen) atoms. The number of carbonyl (C=O) groups is 3. The summed E-state index contributed by atoms with van der Waals surface area (Å²) < 4.78 is 1.36. The molecule has 1 saturated heterocycles. The number of benzene rings is 3. The zero-order valence-electron chi connectivity index (χ0n) is 24.7. The zero-order valence-corrected chi connectivity index (χ0v) is 27.1. The summed E-state index contributed by atoms with van der Waals surface area (Å²) >= 11 is 8.03. The van der Waals surface area contributed by atoms with E-state index in [0.717, 1.165) is 52.3 Å². The molecular formula is C32H28ClN5O6S2. The number of thioether (sulfide) groups is 1. The highest BCUT2D eigenvalue weighted by molar-refractivity contribution is 8.00. The number of aromatic nitrogens is 1. The van der Waals surface area contributed by atoms with E-state index in [-0.39, 0.29) is 22.8 Å². The van der Waals surface area contributed by atoms with Crippen LogP contribution in [0.5, 0.6) is 0 Å². The lowest BCUT2D eigenvalue weighted by molar-refractivity contribution is -0.384. The first-order valence-corrected chi connectivity index (χ1v) is 16.6. The second-order valence-corrected chi connectivity index (χ2v) is 13.3. The Morgan fingerprint density at radius 1 is 0.957 bits per heavy atom. The van der Waals surface area contributed by atoms with Crippen molar-refractivity contribution in [2.24, 2.45) is 5.92 Å². The molecule has 0 aliphatic carbocycles. The first kappa shape index (κ1) is 31.5. The van der Waals surface area contributed by atoms with Gasteiger partial charge in [0.25, 0.3) is 5.69 Å². The van der Waals surface area contributed by atoms with Crippen molar-refractivity contribution in [2.45, 2.75) is 36.6 Å². The van der Waals surface area contributed by atoms with Crippen LogP contribution in [-0.4, -0.2) is 45.6 Å². The summed E-state index contributed by atoms with van der Waals surface area (Å²) in [5.41, 5.74) is 2.35. The number of thiazole rings is 1. The first-order valence-electron chi connectivity index (χ1n) is 14.5. The normalized spacial score (nSPS) is 18.7. The van der Waals surface area contributed by atoms with E-state index < -0.39 is 39.7 Å².